The number of carbonyl (C=O) groups is 2. The Morgan fingerprint density at radius 1 is 0.703 bits per heavy atom. The van der Waals surface area contributed by atoms with E-state index in [1.165, 1.54) is 0 Å². The molecule has 0 saturated heterocycles. The molecule has 0 unspecified atom stereocenters. The third kappa shape index (κ3) is 5.75. The molecule has 37 heavy (non-hydrogen) atoms. The summed E-state index contributed by atoms with van der Waals surface area (Å²) in [6, 6.07) is 26.9. The Hall–Kier alpha value is -4.32. The van der Waals surface area contributed by atoms with Crippen molar-refractivity contribution in [3.05, 3.63) is 113 Å². The number of anilines is 3. The van der Waals surface area contributed by atoms with Gasteiger partial charge in [0.15, 0.2) is 0 Å². The number of allylic oxidation sites excluding steroid dienone is 2. The second kappa shape index (κ2) is 11.6. The number of benzene rings is 3. The molecule has 0 aliphatic carbocycles. The Labute approximate surface area is 219 Å². The van der Waals surface area contributed by atoms with Crippen LogP contribution in [0.15, 0.2) is 107 Å². The van der Waals surface area contributed by atoms with Gasteiger partial charge in [0.05, 0.1) is 0 Å². The Morgan fingerprint density at radius 2 is 1.14 bits per heavy atom. The van der Waals surface area contributed by atoms with Crippen molar-refractivity contribution in [3.8, 4) is 0 Å². The summed E-state index contributed by atoms with van der Waals surface area (Å²) in [5, 5.41) is 9.54. The maximum absolute atomic E-state index is 13.8. The molecular formula is C31H34N4O2. The van der Waals surface area contributed by atoms with Crippen molar-refractivity contribution in [1.29, 1.82) is 0 Å². The highest BCUT2D eigenvalue weighted by atomic mass is 16.2. The number of hydrogen-bond donors (Lipinski definition) is 3. The molecule has 0 bridgehead atoms. The largest absolute Gasteiger partial charge is 0.378 e. The van der Waals surface area contributed by atoms with Gasteiger partial charge < -0.3 is 20.9 Å². The number of dihydropyridines is 1. The van der Waals surface area contributed by atoms with Crippen LogP contribution < -0.4 is 20.9 Å². The van der Waals surface area contributed by atoms with Crippen molar-refractivity contribution in [2.75, 3.05) is 29.6 Å². The second-order valence-electron chi connectivity index (χ2n) is 9.18. The molecule has 190 valence electrons. The smallest absolute Gasteiger partial charge is 0.254 e. The zero-order valence-electron chi connectivity index (χ0n) is 21.8. The lowest BCUT2D eigenvalue weighted by Crippen LogP contribution is -2.36. The molecule has 3 N–H and O–H groups in total. The summed E-state index contributed by atoms with van der Waals surface area (Å²) >= 11 is 0. The van der Waals surface area contributed by atoms with Crippen LogP contribution in [0.5, 0.6) is 0 Å². The van der Waals surface area contributed by atoms with Crippen LogP contribution in [0.2, 0.25) is 0 Å². The first kappa shape index (κ1) is 25.8. The van der Waals surface area contributed by atoms with Gasteiger partial charge in [-0.25, -0.2) is 0 Å². The van der Waals surface area contributed by atoms with Crippen molar-refractivity contribution in [3.63, 3.8) is 0 Å². The molecule has 3 aromatic carbocycles. The van der Waals surface area contributed by atoms with Crippen molar-refractivity contribution < 1.29 is 9.59 Å². The Balaban J connectivity index is 1.83. The molecule has 0 aromatic heterocycles. The molecule has 0 atom stereocenters. The van der Waals surface area contributed by atoms with Gasteiger partial charge in [0.1, 0.15) is 0 Å². The molecule has 0 radical (unpaired) electrons. The fraction of sp³-hybridized carbons (Fsp3) is 0.226. The maximum atomic E-state index is 13.8. The van der Waals surface area contributed by atoms with E-state index in [0.717, 1.165) is 22.6 Å². The Bertz CT molecular complexity index is 1230. The third-order valence-electron chi connectivity index (χ3n) is 6.53. The molecule has 2 amide bonds. The minimum Gasteiger partial charge on any atom is -0.378 e. The highest BCUT2D eigenvalue weighted by Crippen LogP contribution is 2.41. The van der Waals surface area contributed by atoms with Crippen molar-refractivity contribution in [1.82, 2.24) is 5.32 Å². The standard InChI is InChI=1S/C31H34N4O2/c1-5-25-28(30(36)32-22-13-9-7-10-14-22)27(21-17-19-24(20-18-21)35(3)4)29(26(6-2)34-25)31(37)33-23-15-11-8-12-16-23/h7-20,27,34H,5-6H2,1-4H3,(H,32,36)(H,33,37). The molecule has 1 aliphatic heterocycles. The van der Waals surface area contributed by atoms with Crippen LogP contribution in [-0.2, 0) is 9.59 Å². The van der Waals surface area contributed by atoms with Crippen LogP contribution in [0.25, 0.3) is 0 Å². The average Bonchev–Trinajstić information content (AvgIpc) is 2.92. The van der Waals surface area contributed by atoms with Crippen LogP contribution in [0.1, 0.15) is 38.2 Å². The van der Waals surface area contributed by atoms with E-state index >= 15 is 0 Å². The number of carbonyl (C=O) groups excluding carboxylic acids is 2. The van der Waals surface area contributed by atoms with E-state index in [2.05, 4.69) is 16.0 Å². The first-order valence-corrected chi connectivity index (χ1v) is 12.7. The van der Waals surface area contributed by atoms with E-state index in [0.29, 0.717) is 35.4 Å². The fourth-order valence-electron chi connectivity index (χ4n) is 4.64. The number of amides is 2. The maximum Gasteiger partial charge on any atom is 0.254 e. The summed E-state index contributed by atoms with van der Waals surface area (Å²) < 4.78 is 0. The monoisotopic (exact) mass is 494 g/mol. The predicted molar refractivity (Wildman–Crippen MR) is 151 cm³/mol. The van der Waals surface area contributed by atoms with E-state index in [1.807, 2.05) is 118 Å². The molecule has 1 aliphatic rings. The van der Waals surface area contributed by atoms with E-state index < -0.39 is 5.92 Å². The van der Waals surface area contributed by atoms with E-state index in [9.17, 15) is 9.59 Å². The van der Waals surface area contributed by atoms with Gasteiger partial charge in [0, 0.05) is 59.6 Å². The van der Waals surface area contributed by atoms with Crippen LogP contribution in [0.4, 0.5) is 17.1 Å². The molecule has 6 heteroatoms. The van der Waals surface area contributed by atoms with Crippen LogP contribution in [0, 0.1) is 0 Å². The van der Waals surface area contributed by atoms with Crippen LogP contribution in [-0.4, -0.2) is 25.9 Å². The Kier molecular flexibility index (Phi) is 8.08. The van der Waals surface area contributed by atoms with Gasteiger partial charge in [0.2, 0.25) is 0 Å². The predicted octanol–water partition coefficient (Wildman–Crippen LogP) is 6.05. The van der Waals surface area contributed by atoms with Crippen molar-refractivity contribution >= 4 is 28.9 Å². The van der Waals surface area contributed by atoms with Gasteiger partial charge in [-0.05, 0) is 54.8 Å². The number of para-hydroxylation sites is 2. The van der Waals surface area contributed by atoms with Crippen LogP contribution in [0.3, 0.4) is 0 Å². The summed E-state index contributed by atoms with van der Waals surface area (Å²) in [6.45, 7) is 4.04. The van der Waals surface area contributed by atoms with Gasteiger partial charge in [-0.1, -0.05) is 62.4 Å². The first-order chi connectivity index (χ1) is 17.9. The third-order valence-corrected chi connectivity index (χ3v) is 6.53. The number of hydrogen-bond acceptors (Lipinski definition) is 4. The van der Waals surface area contributed by atoms with Crippen molar-refractivity contribution in [2.24, 2.45) is 0 Å². The van der Waals surface area contributed by atoms with Crippen LogP contribution >= 0.6 is 0 Å². The second-order valence-corrected chi connectivity index (χ2v) is 9.18. The minimum absolute atomic E-state index is 0.225. The topological polar surface area (TPSA) is 73.5 Å². The molecular weight excluding hydrogens is 460 g/mol. The Morgan fingerprint density at radius 3 is 1.51 bits per heavy atom. The van der Waals surface area contributed by atoms with Gasteiger partial charge in [-0.3, -0.25) is 9.59 Å². The summed E-state index contributed by atoms with van der Waals surface area (Å²) in [7, 11) is 3.97. The molecule has 4 rings (SSSR count). The quantitative estimate of drug-likeness (QED) is 0.357. The van der Waals surface area contributed by atoms with Gasteiger partial charge in [-0.2, -0.15) is 0 Å². The molecule has 0 saturated carbocycles. The van der Waals surface area contributed by atoms with E-state index in [-0.39, 0.29) is 11.8 Å². The lowest BCUT2D eigenvalue weighted by atomic mass is 9.78. The van der Waals surface area contributed by atoms with Gasteiger partial charge in [0.25, 0.3) is 11.8 Å². The number of rotatable bonds is 8. The summed E-state index contributed by atoms with van der Waals surface area (Å²) in [4.78, 5) is 29.7. The number of nitrogens with one attached hydrogen (secondary N) is 3. The summed E-state index contributed by atoms with van der Waals surface area (Å²) in [6.07, 6.45) is 1.25. The minimum atomic E-state index is -0.533. The van der Waals surface area contributed by atoms with Gasteiger partial charge in [-0.15, -0.1) is 0 Å². The average molecular weight is 495 g/mol. The normalized spacial score (nSPS) is 13.7. The van der Waals surface area contributed by atoms with E-state index in [4.69, 9.17) is 0 Å². The molecule has 6 nitrogen and oxygen atoms in total. The van der Waals surface area contributed by atoms with Crippen molar-refractivity contribution in [2.45, 2.75) is 32.6 Å². The number of nitrogens with zero attached hydrogens (tertiary/aromatic N) is 1. The summed E-state index contributed by atoms with van der Waals surface area (Å²) in [5.41, 5.74) is 6.10. The lowest BCUT2D eigenvalue weighted by molar-refractivity contribution is -0.113. The fourth-order valence-corrected chi connectivity index (χ4v) is 4.64. The molecule has 3 aromatic rings. The molecule has 0 spiro atoms. The highest BCUT2D eigenvalue weighted by Gasteiger charge is 2.37. The zero-order chi connectivity index (χ0) is 26.4. The molecule has 0 fully saturated rings. The van der Waals surface area contributed by atoms with Gasteiger partial charge >= 0.3 is 0 Å². The first-order valence-electron chi connectivity index (χ1n) is 12.7. The zero-order valence-corrected chi connectivity index (χ0v) is 21.8. The molecule has 1 heterocycles. The SMILES string of the molecule is CCC1=C(C(=O)Nc2ccccc2)C(c2ccc(N(C)C)cc2)C(C(=O)Nc2ccccc2)=C(CC)N1. The lowest BCUT2D eigenvalue weighted by Gasteiger charge is -2.33. The summed E-state index contributed by atoms with van der Waals surface area (Å²) in [5.74, 6) is -0.982. The highest BCUT2D eigenvalue weighted by molar-refractivity contribution is 6.12. The van der Waals surface area contributed by atoms with E-state index in [1.54, 1.807) is 0 Å².